The number of amides is 1. The number of hydrogen-bond acceptors (Lipinski definition) is 8. The van der Waals surface area contributed by atoms with E-state index >= 15 is 0 Å². The van der Waals surface area contributed by atoms with Crippen LogP contribution >= 0.6 is 11.6 Å². The molecule has 0 unspecified atom stereocenters. The molecule has 0 spiro atoms. The fourth-order valence-electron chi connectivity index (χ4n) is 5.76. The van der Waals surface area contributed by atoms with Gasteiger partial charge in [0.15, 0.2) is 5.65 Å². The molecule has 0 radical (unpaired) electrons. The van der Waals surface area contributed by atoms with Gasteiger partial charge in [0.05, 0.1) is 32.4 Å². The number of rotatable bonds is 6. The van der Waals surface area contributed by atoms with Gasteiger partial charge in [0.1, 0.15) is 5.82 Å². The third-order valence-electron chi connectivity index (χ3n) is 7.89. The van der Waals surface area contributed by atoms with E-state index in [1.807, 2.05) is 39.5 Å². The number of carbonyl (C=O) groups excluding carboxylic acids is 1. The smallest absolute Gasteiger partial charge is 0.349 e. The van der Waals surface area contributed by atoms with E-state index in [1.54, 1.807) is 41.4 Å². The predicted molar refractivity (Wildman–Crippen MR) is 172 cm³/mol. The van der Waals surface area contributed by atoms with Gasteiger partial charge in [-0.1, -0.05) is 50.2 Å². The number of sulfonamides is 1. The summed E-state index contributed by atoms with van der Waals surface area (Å²) in [6.07, 6.45) is 2.98. The Morgan fingerprint density at radius 3 is 2.50 bits per heavy atom. The molecule has 230 valence electrons. The minimum Gasteiger partial charge on any atom is -0.349 e. The van der Waals surface area contributed by atoms with Crippen LogP contribution in [0.2, 0.25) is 5.02 Å². The van der Waals surface area contributed by atoms with Crippen LogP contribution in [0.4, 0.5) is 5.82 Å². The predicted octanol–water partition coefficient (Wildman–Crippen LogP) is 4.19. The number of hydrogen-bond donors (Lipinski definition) is 1. The van der Waals surface area contributed by atoms with Crippen molar-refractivity contribution >= 4 is 44.4 Å². The lowest BCUT2D eigenvalue weighted by Gasteiger charge is -2.44. The van der Waals surface area contributed by atoms with Crippen LogP contribution in [0.5, 0.6) is 0 Å². The molecule has 0 bridgehead atoms. The number of pyridine rings is 2. The summed E-state index contributed by atoms with van der Waals surface area (Å²) in [7, 11) is -4.14. The molecule has 1 amide bonds. The number of piperazine rings is 1. The van der Waals surface area contributed by atoms with E-state index < -0.39 is 15.7 Å². The molecular weight excluding hydrogens is 602 g/mol. The van der Waals surface area contributed by atoms with Crippen molar-refractivity contribution in [2.45, 2.75) is 57.5 Å². The fraction of sp³-hybridized carbons (Fsp3) is 0.323. The van der Waals surface area contributed by atoms with Crippen LogP contribution in [0.25, 0.3) is 28.0 Å². The molecule has 44 heavy (non-hydrogen) atoms. The summed E-state index contributed by atoms with van der Waals surface area (Å²) in [6.45, 7) is 14.1. The lowest BCUT2D eigenvalue weighted by Crippen LogP contribution is -2.58. The number of fused-ring (bicyclic) bond motifs is 1. The van der Waals surface area contributed by atoms with E-state index in [9.17, 15) is 18.0 Å². The lowest BCUT2D eigenvalue weighted by molar-refractivity contribution is -0.128. The van der Waals surface area contributed by atoms with Crippen molar-refractivity contribution in [3.05, 3.63) is 82.0 Å². The van der Waals surface area contributed by atoms with Gasteiger partial charge in [-0.15, -0.1) is 0 Å². The zero-order valence-electron chi connectivity index (χ0n) is 25.2. The third-order valence-corrected chi connectivity index (χ3v) is 9.15. The van der Waals surface area contributed by atoms with Crippen LogP contribution in [0.3, 0.4) is 0 Å². The summed E-state index contributed by atoms with van der Waals surface area (Å²) in [4.78, 5) is 44.2. The third kappa shape index (κ3) is 5.49. The molecule has 0 aliphatic carbocycles. The Kier molecular flexibility index (Phi) is 8.36. The van der Waals surface area contributed by atoms with Crippen molar-refractivity contribution < 1.29 is 13.2 Å². The quantitative estimate of drug-likeness (QED) is 0.311. The second-order valence-corrected chi connectivity index (χ2v) is 13.3. The highest BCUT2D eigenvalue weighted by atomic mass is 35.5. The lowest BCUT2D eigenvalue weighted by atomic mass is 10.0. The normalized spacial score (nSPS) is 17.4. The second-order valence-electron chi connectivity index (χ2n) is 11.3. The van der Waals surface area contributed by atoms with Gasteiger partial charge in [0.25, 0.3) is 0 Å². The Morgan fingerprint density at radius 2 is 1.84 bits per heavy atom. The van der Waals surface area contributed by atoms with Crippen LogP contribution in [-0.4, -0.2) is 63.9 Å². The Hall–Kier alpha value is -4.13. The number of nitrogens with two attached hydrogens (primary N) is 1. The van der Waals surface area contributed by atoms with Crippen LogP contribution < -0.4 is 15.7 Å². The van der Waals surface area contributed by atoms with Crippen molar-refractivity contribution in [2.75, 3.05) is 18.0 Å². The number of aryl methyl sites for hydroxylation is 1. The van der Waals surface area contributed by atoms with E-state index in [0.29, 0.717) is 35.7 Å². The van der Waals surface area contributed by atoms with Crippen LogP contribution in [0.1, 0.15) is 44.9 Å². The Morgan fingerprint density at radius 1 is 1.14 bits per heavy atom. The summed E-state index contributed by atoms with van der Waals surface area (Å²) in [5.74, 6) is 0.144. The molecule has 1 fully saturated rings. The first kappa shape index (κ1) is 31.3. The second kappa shape index (κ2) is 11.8. The summed E-state index contributed by atoms with van der Waals surface area (Å²) < 4.78 is 26.5. The highest BCUT2D eigenvalue weighted by Crippen LogP contribution is 2.37. The highest BCUT2D eigenvalue weighted by molar-refractivity contribution is 7.89. The molecule has 4 heterocycles. The molecule has 1 aromatic carbocycles. The van der Waals surface area contributed by atoms with Crippen LogP contribution in [0.15, 0.2) is 64.9 Å². The maximum atomic E-state index is 14.1. The standard InChI is InChI=1S/C31H34ClN7O4S/c1-7-25(40)37-15-20(6)38(16-19(37)5)29-22-14-23(32)27(21-10-8-9-11-24(21)44(33,42)43)35-30(22)39(31(41)36-29)28-18(4)12-13-34-26(28)17(2)3/h7-14,17,19-20H,1,15-16H2,2-6H3,(H2,33,42,43)/t19-,20+/m1/s1. The maximum absolute atomic E-state index is 14.1. The molecule has 1 saturated heterocycles. The zero-order valence-corrected chi connectivity index (χ0v) is 26.7. The highest BCUT2D eigenvalue weighted by Gasteiger charge is 2.34. The number of benzene rings is 1. The summed E-state index contributed by atoms with van der Waals surface area (Å²) in [5, 5.41) is 6.18. The first-order valence-corrected chi connectivity index (χ1v) is 16.1. The Balaban J connectivity index is 1.86. The largest absolute Gasteiger partial charge is 0.355 e. The number of primary sulfonamides is 1. The van der Waals surface area contributed by atoms with Crippen molar-refractivity contribution in [3.63, 3.8) is 0 Å². The van der Waals surface area contributed by atoms with Gasteiger partial charge < -0.3 is 9.80 Å². The van der Waals surface area contributed by atoms with Crippen molar-refractivity contribution in [3.8, 4) is 16.9 Å². The zero-order chi connectivity index (χ0) is 32.1. The van der Waals surface area contributed by atoms with Gasteiger partial charge in [-0.2, -0.15) is 4.98 Å². The monoisotopic (exact) mass is 635 g/mol. The van der Waals surface area contributed by atoms with E-state index in [4.69, 9.17) is 21.7 Å². The minimum atomic E-state index is -4.14. The van der Waals surface area contributed by atoms with Gasteiger partial charge in [-0.3, -0.25) is 9.78 Å². The average Bonchev–Trinajstić information content (AvgIpc) is 2.97. The van der Waals surface area contributed by atoms with Crippen molar-refractivity contribution in [2.24, 2.45) is 5.14 Å². The number of carbonyl (C=O) groups is 1. The van der Waals surface area contributed by atoms with Gasteiger partial charge in [-0.25, -0.2) is 27.9 Å². The van der Waals surface area contributed by atoms with E-state index in [1.165, 1.54) is 16.7 Å². The van der Waals surface area contributed by atoms with Gasteiger partial charge in [-0.05, 0) is 56.5 Å². The average molecular weight is 636 g/mol. The first-order valence-electron chi connectivity index (χ1n) is 14.2. The van der Waals surface area contributed by atoms with Gasteiger partial charge in [0.2, 0.25) is 15.9 Å². The van der Waals surface area contributed by atoms with Gasteiger partial charge in [0, 0.05) is 36.9 Å². The van der Waals surface area contributed by atoms with E-state index in [0.717, 1.165) is 5.56 Å². The molecule has 1 aliphatic rings. The first-order chi connectivity index (χ1) is 20.7. The molecule has 11 nitrogen and oxygen atoms in total. The number of anilines is 1. The van der Waals surface area contributed by atoms with E-state index in [-0.39, 0.29) is 50.7 Å². The van der Waals surface area contributed by atoms with Crippen LogP contribution in [-0.2, 0) is 14.8 Å². The molecule has 5 rings (SSSR count). The number of halogens is 1. The maximum Gasteiger partial charge on any atom is 0.355 e. The molecule has 13 heteroatoms. The van der Waals surface area contributed by atoms with Gasteiger partial charge >= 0.3 is 5.69 Å². The minimum absolute atomic E-state index is 0.0437. The van der Waals surface area contributed by atoms with E-state index in [2.05, 4.69) is 16.5 Å². The molecule has 1 aliphatic heterocycles. The van der Waals surface area contributed by atoms with Crippen molar-refractivity contribution in [1.29, 1.82) is 0 Å². The molecular formula is C31H34ClN7O4S. The molecule has 2 N–H and O–H groups in total. The topological polar surface area (TPSA) is 144 Å². The molecule has 4 aromatic rings. The Bertz CT molecular complexity index is 1980. The SMILES string of the molecule is C=CC(=O)N1C[C@H](C)N(c2nc(=O)n(-c3c(C)ccnc3C(C)C)c3nc(-c4ccccc4S(N)(=O)=O)c(Cl)cc23)C[C@H]1C. The summed E-state index contributed by atoms with van der Waals surface area (Å²) in [5.41, 5.74) is 1.98. The Labute approximate surface area is 261 Å². The molecule has 2 atom stereocenters. The molecule has 3 aromatic heterocycles. The summed E-state index contributed by atoms with van der Waals surface area (Å²) in [6, 6.07) is 9.21. The molecule has 0 saturated carbocycles. The van der Waals surface area contributed by atoms with Crippen LogP contribution in [0, 0.1) is 6.92 Å². The summed E-state index contributed by atoms with van der Waals surface area (Å²) >= 11 is 6.86. The number of nitrogens with zero attached hydrogens (tertiary/aromatic N) is 6. The number of aromatic nitrogens is 4. The fourth-order valence-corrected chi connectivity index (χ4v) is 6.75. The van der Waals surface area contributed by atoms with Crippen molar-refractivity contribution in [1.82, 2.24) is 24.4 Å².